The van der Waals surface area contributed by atoms with Gasteiger partial charge in [0, 0.05) is 6.92 Å². The van der Waals surface area contributed by atoms with Crippen molar-refractivity contribution in [2.75, 3.05) is 7.11 Å². The standard InChI is InChI=1S/C11H19NO5/c1-7(13)12-8(10(15)16-5)6-9(14)17-11(2,3)4/h8H,6H2,1-5H3,(H,12,13). The quantitative estimate of drug-likeness (QED) is 0.725. The van der Waals surface area contributed by atoms with E-state index in [2.05, 4.69) is 10.1 Å². The molecular formula is C11H19NO5. The van der Waals surface area contributed by atoms with Crippen LogP contribution in [-0.2, 0) is 23.9 Å². The summed E-state index contributed by atoms with van der Waals surface area (Å²) in [5.74, 6) is -1.66. The molecule has 1 unspecified atom stereocenters. The number of amides is 1. The Hall–Kier alpha value is -1.59. The molecule has 1 atom stereocenters. The van der Waals surface area contributed by atoms with E-state index in [1.165, 1.54) is 14.0 Å². The van der Waals surface area contributed by atoms with Crippen molar-refractivity contribution < 1.29 is 23.9 Å². The van der Waals surface area contributed by atoms with Gasteiger partial charge in [0.1, 0.15) is 11.6 Å². The van der Waals surface area contributed by atoms with E-state index in [1.54, 1.807) is 20.8 Å². The summed E-state index contributed by atoms with van der Waals surface area (Å²) in [6.45, 7) is 6.41. The Kier molecular flexibility index (Phi) is 5.64. The van der Waals surface area contributed by atoms with Crippen LogP contribution in [-0.4, -0.2) is 36.6 Å². The number of carbonyl (C=O) groups is 3. The summed E-state index contributed by atoms with van der Waals surface area (Å²) in [4.78, 5) is 33.7. The zero-order chi connectivity index (χ0) is 13.6. The Morgan fingerprint density at radius 3 is 2.12 bits per heavy atom. The fraction of sp³-hybridized carbons (Fsp3) is 0.727. The fourth-order valence-corrected chi connectivity index (χ4v) is 1.13. The maximum Gasteiger partial charge on any atom is 0.328 e. The molecule has 98 valence electrons. The van der Waals surface area contributed by atoms with Gasteiger partial charge in [0.2, 0.25) is 5.91 Å². The van der Waals surface area contributed by atoms with Gasteiger partial charge in [-0.05, 0) is 20.8 Å². The number of hydrogen-bond acceptors (Lipinski definition) is 5. The lowest BCUT2D eigenvalue weighted by atomic mass is 10.1. The van der Waals surface area contributed by atoms with Gasteiger partial charge in [-0.2, -0.15) is 0 Å². The molecule has 0 bridgehead atoms. The average molecular weight is 245 g/mol. The molecule has 0 aliphatic heterocycles. The van der Waals surface area contributed by atoms with Crippen molar-refractivity contribution in [3.05, 3.63) is 0 Å². The molecule has 0 aromatic heterocycles. The first-order valence-electron chi connectivity index (χ1n) is 5.22. The van der Waals surface area contributed by atoms with E-state index >= 15 is 0 Å². The summed E-state index contributed by atoms with van der Waals surface area (Å²) >= 11 is 0. The highest BCUT2D eigenvalue weighted by Gasteiger charge is 2.26. The minimum absolute atomic E-state index is 0.247. The highest BCUT2D eigenvalue weighted by atomic mass is 16.6. The van der Waals surface area contributed by atoms with Gasteiger partial charge in [0.15, 0.2) is 0 Å². The summed E-state index contributed by atoms with van der Waals surface area (Å²) in [5.41, 5.74) is -0.631. The summed E-state index contributed by atoms with van der Waals surface area (Å²) in [5, 5.41) is 2.33. The summed E-state index contributed by atoms with van der Waals surface area (Å²) in [6, 6.07) is -1.01. The molecule has 0 rings (SSSR count). The van der Waals surface area contributed by atoms with Crippen LogP contribution in [0.5, 0.6) is 0 Å². The second kappa shape index (κ2) is 6.22. The summed E-state index contributed by atoms with van der Waals surface area (Å²) < 4.78 is 9.53. The zero-order valence-electron chi connectivity index (χ0n) is 10.8. The van der Waals surface area contributed by atoms with E-state index in [9.17, 15) is 14.4 Å². The largest absolute Gasteiger partial charge is 0.467 e. The van der Waals surface area contributed by atoms with Crippen LogP contribution in [0.3, 0.4) is 0 Å². The number of carbonyl (C=O) groups excluding carboxylic acids is 3. The third-order valence-corrected chi connectivity index (χ3v) is 1.65. The first kappa shape index (κ1) is 15.4. The average Bonchev–Trinajstić information content (AvgIpc) is 2.11. The molecule has 0 aliphatic rings. The van der Waals surface area contributed by atoms with Gasteiger partial charge in [-0.15, -0.1) is 0 Å². The van der Waals surface area contributed by atoms with Crippen LogP contribution in [0.15, 0.2) is 0 Å². The SMILES string of the molecule is COC(=O)C(CC(=O)OC(C)(C)C)NC(C)=O. The molecule has 0 aromatic carbocycles. The van der Waals surface area contributed by atoms with Crippen molar-refractivity contribution >= 4 is 17.8 Å². The number of esters is 2. The highest BCUT2D eigenvalue weighted by molar-refractivity contribution is 5.87. The smallest absolute Gasteiger partial charge is 0.328 e. The van der Waals surface area contributed by atoms with Gasteiger partial charge in [0.05, 0.1) is 13.5 Å². The van der Waals surface area contributed by atoms with Crippen LogP contribution in [0.25, 0.3) is 0 Å². The summed E-state index contributed by atoms with van der Waals surface area (Å²) in [7, 11) is 1.19. The van der Waals surface area contributed by atoms with Gasteiger partial charge < -0.3 is 14.8 Å². The van der Waals surface area contributed by atoms with E-state index in [4.69, 9.17) is 4.74 Å². The Bertz CT molecular complexity index is 305. The number of methoxy groups -OCH3 is 1. The lowest BCUT2D eigenvalue weighted by Crippen LogP contribution is -2.42. The van der Waals surface area contributed by atoms with Crippen LogP contribution in [0.2, 0.25) is 0 Å². The molecule has 17 heavy (non-hydrogen) atoms. The Labute approximate surface area is 101 Å². The molecule has 0 heterocycles. The van der Waals surface area contributed by atoms with Crippen molar-refractivity contribution in [3.63, 3.8) is 0 Å². The molecule has 0 saturated heterocycles. The second-order valence-corrected chi connectivity index (χ2v) is 4.57. The zero-order valence-corrected chi connectivity index (χ0v) is 10.8. The maximum atomic E-state index is 11.5. The second-order valence-electron chi connectivity index (χ2n) is 4.57. The molecule has 6 heteroatoms. The lowest BCUT2D eigenvalue weighted by molar-refractivity contribution is -0.159. The molecule has 6 nitrogen and oxygen atoms in total. The molecule has 0 radical (unpaired) electrons. The Morgan fingerprint density at radius 1 is 1.24 bits per heavy atom. The van der Waals surface area contributed by atoms with Crippen LogP contribution < -0.4 is 5.32 Å². The van der Waals surface area contributed by atoms with E-state index in [-0.39, 0.29) is 6.42 Å². The van der Waals surface area contributed by atoms with Gasteiger partial charge in [-0.25, -0.2) is 4.79 Å². The summed E-state index contributed by atoms with van der Waals surface area (Å²) in [6.07, 6.45) is -0.247. The molecule has 1 N–H and O–H groups in total. The van der Waals surface area contributed by atoms with Gasteiger partial charge in [-0.3, -0.25) is 9.59 Å². The molecule has 0 aromatic rings. The van der Waals surface area contributed by atoms with Crippen LogP contribution in [0, 0.1) is 0 Å². The van der Waals surface area contributed by atoms with Gasteiger partial charge >= 0.3 is 11.9 Å². The third-order valence-electron chi connectivity index (χ3n) is 1.65. The fourth-order valence-electron chi connectivity index (χ4n) is 1.13. The van der Waals surface area contributed by atoms with E-state index in [0.717, 1.165) is 0 Å². The minimum atomic E-state index is -1.01. The number of nitrogens with one attached hydrogen (secondary N) is 1. The van der Waals surface area contributed by atoms with Crippen LogP contribution in [0.1, 0.15) is 34.1 Å². The first-order chi connectivity index (χ1) is 7.65. The monoisotopic (exact) mass is 245 g/mol. The Morgan fingerprint density at radius 2 is 1.76 bits per heavy atom. The van der Waals surface area contributed by atoms with E-state index in [1.807, 2.05) is 0 Å². The molecular weight excluding hydrogens is 226 g/mol. The van der Waals surface area contributed by atoms with Crippen molar-refractivity contribution in [2.45, 2.75) is 45.8 Å². The molecule has 0 fully saturated rings. The lowest BCUT2D eigenvalue weighted by Gasteiger charge is -2.21. The first-order valence-corrected chi connectivity index (χ1v) is 5.22. The van der Waals surface area contributed by atoms with E-state index in [0.29, 0.717) is 0 Å². The van der Waals surface area contributed by atoms with Crippen molar-refractivity contribution in [1.29, 1.82) is 0 Å². The maximum absolute atomic E-state index is 11.5. The van der Waals surface area contributed by atoms with Gasteiger partial charge in [0.25, 0.3) is 0 Å². The molecule has 1 amide bonds. The predicted octanol–water partition coefficient (Wildman–Crippen LogP) is 0.396. The minimum Gasteiger partial charge on any atom is -0.467 e. The highest BCUT2D eigenvalue weighted by Crippen LogP contribution is 2.09. The van der Waals surface area contributed by atoms with Crippen LogP contribution >= 0.6 is 0 Å². The normalized spacial score (nSPS) is 12.5. The number of hydrogen-bond donors (Lipinski definition) is 1. The number of rotatable bonds is 4. The van der Waals surface area contributed by atoms with Crippen molar-refractivity contribution in [3.8, 4) is 0 Å². The molecule has 0 aliphatic carbocycles. The van der Waals surface area contributed by atoms with Gasteiger partial charge in [-0.1, -0.05) is 0 Å². The number of ether oxygens (including phenoxy) is 2. The van der Waals surface area contributed by atoms with Crippen LogP contribution in [0.4, 0.5) is 0 Å². The Balaban J connectivity index is 4.48. The molecule has 0 saturated carbocycles. The third kappa shape index (κ3) is 7.32. The van der Waals surface area contributed by atoms with E-state index < -0.39 is 29.5 Å². The van der Waals surface area contributed by atoms with Crippen molar-refractivity contribution in [1.82, 2.24) is 5.32 Å². The van der Waals surface area contributed by atoms with Crippen molar-refractivity contribution in [2.24, 2.45) is 0 Å². The topological polar surface area (TPSA) is 81.7 Å². The molecule has 0 spiro atoms. The predicted molar refractivity (Wildman–Crippen MR) is 60.1 cm³/mol.